The number of imidazole rings is 1. The smallest absolute Gasteiger partial charge is 0.372 e. The Morgan fingerprint density at radius 2 is 2.11 bits per heavy atom. The molecule has 1 amide bonds. The average molecular weight is 521 g/mol. The Morgan fingerprint density at radius 3 is 2.89 bits per heavy atom. The molecule has 36 heavy (non-hydrogen) atoms. The van der Waals surface area contributed by atoms with Crippen LogP contribution in [-0.4, -0.2) is 61.3 Å². The van der Waals surface area contributed by atoms with Crippen LogP contribution in [0.3, 0.4) is 0 Å². The topological polar surface area (TPSA) is 88.1 Å². The normalized spacial score (nSPS) is 18.7. The molecule has 1 aliphatic heterocycles. The lowest BCUT2D eigenvalue weighted by atomic mass is 10.0. The number of amides is 1. The van der Waals surface area contributed by atoms with Crippen molar-refractivity contribution in [2.75, 3.05) is 18.5 Å². The Labute approximate surface area is 209 Å². The third-order valence-electron chi connectivity index (χ3n) is 6.19. The van der Waals surface area contributed by atoms with Crippen LogP contribution in [0.25, 0.3) is 21.8 Å². The molecule has 0 bridgehead atoms. The molecule has 0 spiro atoms. The first-order valence-corrected chi connectivity index (χ1v) is 11.7. The number of rotatable bonds is 5. The Kier molecular flexibility index (Phi) is 6.17. The predicted octanol–water partition coefficient (Wildman–Crippen LogP) is 4.75. The largest absolute Gasteiger partial charge is 0.406 e. The number of benzene rings is 1. The van der Waals surface area contributed by atoms with Crippen molar-refractivity contribution in [2.45, 2.75) is 44.8 Å². The maximum Gasteiger partial charge on any atom is 0.406 e. The van der Waals surface area contributed by atoms with Crippen LogP contribution in [0.4, 0.5) is 18.9 Å². The Balaban J connectivity index is 1.43. The van der Waals surface area contributed by atoms with Crippen molar-refractivity contribution >= 4 is 45.0 Å². The number of fused-ring (bicyclic) bond motifs is 3. The van der Waals surface area contributed by atoms with Crippen molar-refractivity contribution in [1.29, 1.82) is 0 Å². The molecule has 1 aliphatic rings. The average Bonchev–Trinajstić information content (AvgIpc) is 3.36. The summed E-state index contributed by atoms with van der Waals surface area (Å²) in [5, 5.41) is 5.14. The van der Waals surface area contributed by atoms with Gasteiger partial charge in [0.1, 0.15) is 18.4 Å². The van der Waals surface area contributed by atoms with Gasteiger partial charge >= 0.3 is 6.18 Å². The number of aromatic nitrogens is 4. The summed E-state index contributed by atoms with van der Waals surface area (Å²) in [6, 6.07) is 4.56. The van der Waals surface area contributed by atoms with Gasteiger partial charge in [0.05, 0.1) is 41.7 Å². The van der Waals surface area contributed by atoms with Crippen LogP contribution in [0.1, 0.15) is 19.7 Å². The number of ether oxygens (including phenoxy) is 1. The van der Waals surface area contributed by atoms with Gasteiger partial charge in [-0.05, 0) is 32.0 Å². The number of nitrogens with one attached hydrogen (secondary N) is 2. The molecule has 2 N–H and O–H groups in total. The molecular weight excluding hydrogens is 497 g/mol. The van der Waals surface area contributed by atoms with Gasteiger partial charge in [-0.1, -0.05) is 11.6 Å². The second-order valence-corrected chi connectivity index (χ2v) is 9.93. The zero-order valence-corrected chi connectivity index (χ0v) is 20.3. The van der Waals surface area contributed by atoms with Crippen molar-refractivity contribution in [3.8, 4) is 0 Å². The lowest BCUT2D eigenvalue weighted by Gasteiger charge is -2.42. The third kappa shape index (κ3) is 5.04. The van der Waals surface area contributed by atoms with Crippen LogP contribution in [0, 0.1) is 0 Å². The number of anilines is 1. The van der Waals surface area contributed by atoms with E-state index in [2.05, 4.69) is 20.3 Å². The SMILES string of the molecule is CC1(C)CN(Cc2nccn2CC(F)(F)F)[C@H](C(=O)Nc2cc(Cl)cc3c2[nH]c2cnccc23)CO1. The minimum atomic E-state index is -4.39. The van der Waals surface area contributed by atoms with Gasteiger partial charge < -0.3 is 19.6 Å². The minimum absolute atomic E-state index is 0.0525. The fraction of sp³-hybridized carbons (Fsp3) is 0.375. The van der Waals surface area contributed by atoms with Crippen molar-refractivity contribution in [3.63, 3.8) is 0 Å². The maximum atomic E-state index is 13.5. The van der Waals surface area contributed by atoms with E-state index in [1.54, 1.807) is 23.4 Å². The molecule has 1 aromatic carbocycles. The molecule has 1 saturated heterocycles. The molecule has 1 fully saturated rings. The van der Waals surface area contributed by atoms with Crippen molar-refractivity contribution in [3.05, 3.63) is 53.8 Å². The van der Waals surface area contributed by atoms with Crippen LogP contribution in [0.15, 0.2) is 43.0 Å². The molecule has 8 nitrogen and oxygen atoms in total. The van der Waals surface area contributed by atoms with Crippen LogP contribution in [-0.2, 0) is 22.6 Å². The van der Waals surface area contributed by atoms with Gasteiger partial charge in [0.15, 0.2) is 0 Å². The van der Waals surface area contributed by atoms with E-state index in [1.807, 2.05) is 26.0 Å². The molecule has 0 radical (unpaired) electrons. The summed E-state index contributed by atoms with van der Waals surface area (Å²) >= 11 is 6.36. The van der Waals surface area contributed by atoms with Gasteiger partial charge in [-0.25, -0.2) is 4.98 Å². The predicted molar refractivity (Wildman–Crippen MR) is 130 cm³/mol. The fourth-order valence-corrected chi connectivity index (χ4v) is 4.82. The number of carbonyl (C=O) groups is 1. The number of pyridine rings is 1. The van der Waals surface area contributed by atoms with Crippen molar-refractivity contribution in [2.24, 2.45) is 0 Å². The highest BCUT2D eigenvalue weighted by molar-refractivity contribution is 6.33. The molecule has 1 atom stereocenters. The summed E-state index contributed by atoms with van der Waals surface area (Å²) in [6.45, 7) is 3.04. The van der Waals surface area contributed by atoms with Gasteiger partial charge in [-0.3, -0.25) is 14.7 Å². The van der Waals surface area contributed by atoms with E-state index >= 15 is 0 Å². The zero-order chi connectivity index (χ0) is 25.7. The number of hydrogen-bond acceptors (Lipinski definition) is 5. The number of hydrogen-bond donors (Lipinski definition) is 2. The molecule has 4 heterocycles. The van der Waals surface area contributed by atoms with E-state index < -0.39 is 24.4 Å². The van der Waals surface area contributed by atoms with Gasteiger partial charge in [0, 0.05) is 40.9 Å². The molecule has 190 valence electrons. The number of halogens is 4. The number of H-pyrrole nitrogens is 1. The van der Waals surface area contributed by atoms with E-state index in [9.17, 15) is 18.0 Å². The number of morpholine rings is 1. The molecule has 0 aliphatic carbocycles. The Bertz CT molecular complexity index is 1430. The number of alkyl halides is 3. The monoisotopic (exact) mass is 520 g/mol. The first-order chi connectivity index (χ1) is 17.0. The second-order valence-electron chi connectivity index (χ2n) is 9.49. The zero-order valence-electron chi connectivity index (χ0n) is 19.6. The third-order valence-corrected chi connectivity index (χ3v) is 6.41. The van der Waals surface area contributed by atoms with Gasteiger partial charge in [-0.15, -0.1) is 0 Å². The highest BCUT2D eigenvalue weighted by atomic mass is 35.5. The highest BCUT2D eigenvalue weighted by Crippen LogP contribution is 2.34. The number of nitrogens with zero attached hydrogens (tertiary/aromatic N) is 4. The quantitative estimate of drug-likeness (QED) is 0.396. The van der Waals surface area contributed by atoms with E-state index in [4.69, 9.17) is 16.3 Å². The van der Waals surface area contributed by atoms with E-state index in [1.165, 1.54) is 12.4 Å². The van der Waals surface area contributed by atoms with Crippen molar-refractivity contribution in [1.82, 2.24) is 24.4 Å². The molecule has 5 rings (SSSR count). The standard InChI is InChI=1S/C24H24ClF3N6O2/c1-23(2)12-34(10-20-30-5-6-33(20)13-24(26,27)28)19(11-36-23)22(35)32-17-8-14(25)7-16-15-3-4-29-9-18(15)31-21(16)17/h3-9,19,31H,10-13H2,1-2H3,(H,32,35)/t19-/m0/s1. The highest BCUT2D eigenvalue weighted by Gasteiger charge is 2.39. The molecule has 3 aromatic heterocycles. The Hall–Kier alpha value is -3.15. The van der Waals surface area contributed by atoms with E-state index in [-0.39, 0.29) is 24.9 Å². The van der Waals surface area contributed by atoms with Crippen LogP contribution in [0.2, 0.25) is 5.02 Å². The lowest BCUT2D eigenvalue weighted by Crippen LogP contribution is -2.57. The molecular formula is C24H24ClF3N6O2. The second kappa shape index (κ2) is 9.06. The lowest BCUT2D eigenvalue weighted by molar-refractivity contribution is -0.147. The summed E-state index contributed by atoms with van der Waals surface area (Å²) in [4.78, 5) is 26.8. The van der Waals surface area contributed by atoms with Crippen molar-refractivity contribution < 1.29 is 22.7 Å². The number of aromatic amines is 1. The van der Waals surface area contributed by atoms with Crippen LogP contribution < -0.4 is 5.32 Å². The maximum absolute atomic E-state index is 13.5. The number of carbonyl (C=O) groups excluding carboxylic acids is 1. The van der Waals surface area contributed by atoms with Gasteiger partial charge in [0.25, 0.3) is 0 Å². The molecule has 0 unspecified atom stereocenters. The first-order valence-electron chi connectivity index (χ1n) is 11.3. The fourth-order valence-electron chi connectivity index (χ4n) is 4.61. The van der Waals surface area contributed by atoms with Crippen LogP contribution in [0.5, 0.6) is 0 Å². The van der Waals surface area contributed by atoms with Gasteiger partial charge in [0.2, 0.25) is 5.91 Å². The first kappa shape index (κ1) is 24.5. The molecule has 0 saturated carbocycles. The van der Waals surface area contributed by atoms with E-state index in [0.29, 0.717) is 22.8 Å². The summed E-state index contributed by atoms with van der Waals surface area (Å²) in [5.41, 5.74) is 1.39. The summed E-state index contributed by atoms with van der Waals surface area (Å²) in [6.07, 6.45) is 1.60. The summed E-state index contributed by atoms with van der Waals surface area (Å²) in [5.74, 6) is -0.143. The molecule has 12 heteroatoms. The minimum Gasteiger partial charge on any atom is -0.372 e. The van der Waals surface area contributed by atoms with Gasteiger partial charge in [-0.2, -0.15) is 13.2 Å². The summed E-state index contributed by atoms with van der Waals surface area (Å²) < 4.78 is 46.0. The Morgan fingerprint density at radius 1 is 1.31 bits per heavy atom. The van der Waals surface area contributed by atoms with E-state index in [0.717, 1.165) is 20.9 Å². The van der Waals surface area contributed by atoms with Crippen LogP contribution >= 0.6 is 11.6 Å². The summed E-state index contributed by atoms with van der Waals surface area (Å²) in [7, 11) is 0. The molecule has 4 aromatic rings.